The Morgan fingerprint density at radius 3 is 2.62 bits per heavy atom. The second-order valence-electron chi connectivity index (χ2n) is 3.11. The molecule has 0 spiro atoms. The van der Waals surface area contributed by atoms with Crippen LogP contribution < -0.4 is 0 Å². The smallest absolute Gasteiger partial charge is 0.0102 e. The summed E-state index contributed by atoms with van der Waals surface area (Å²) in [6.45, 7) is 9.98. The Bertz CT molecular complexity index is 212. The third kappa shape index (κ3) is 2.55. The Hall–Kier alpha value is -0.340. The molecule has 0 aliphatic carbocycles. The first-order chi connectivity index (χ1) is 6.40. The lowest BCUT2D eigenvalue weighted by Crippen LogP contribution is -2.44. The molecule has 2 heteroatoms. The Balaban J connectivity index is 0.000000396. The van der Waals surface area contributed by atoms with Crippen molar-refractivity contribution in [3.05, 3.63) is 22.4 Å². The van der Waals surface area contributed by atoms with Crippen LogP contribution in [0.4, 0.5) is 0 Å². The highest BCUT2D eigenvalue weighted by atomic mass is 32.1. The molecule has 1 aromatic rings. The minimum absolute atomic E-state index is 0.834. The monoisotopic (exact) mass is 197 g/mol. The van der Waals surface area contributed by atoms with E-state index in [0.29, 0.717) is 0 Å². The Kier molecular flexibility index (Phi) is 4.46. The van der Waals surface area contributed by atoms with Crippen LogP contribution >= 0.6 is 11.3 Å². The minimum atomic E-state index is 0.834. The third-order valence-corrected chi connectivity index (χ3v) is 3.12. The lowest BCUT2D eigenvalue weighted by molar-refractivity contribution is 0.157. The maximum Gasteiger partial charge on any atom is 0.0102 e. The van der Waals surface area contributed by atoms with Gasteiger partial charge in [0.05, 0.1) is 0 Å². The van der Waals surface area contributed by atoms with E-state index in [2.05, 4.69) is 28.7 Å². The fourth-order valence-corrected chi connectivity index (χ4v) is 2.29. The van der Waals surface area contributed by atoms with Gasteiger partial charge in [-0.3, -0.25) is 0 Å². The number of likely N-dealkylation sites (tertiary alicyclic amines) is 1. The summed E-state index contributed by atoms with van der Waals surface area (Å²) in [4.78, 5) is 2.47. The first-order valence-electron chi connectivity index (χ1n) is 5.14. The molecule has 1 saturated heterocycles. The molecule has 0 saturated carbocycles. The summed E-state index contributed by atoms with van der Waals surface area (Å²) in [6.07, 6.45) is 0. The zero-order chi connectivity index (χ0) is 9.68. The molecule has 2 rings (SSSR count). The predicted molar refractivity (Wildman–Crippen MR) is 60.5 cm³/mol. The van der Waals surface area contributed by atoms with Crippen LogP contribution in [0.15, 0.2) is 16.8 Å². The molecule has 1 fully saturated rings. The summed E-state index contributed by atoms with van der Waals surface area (Å²) in [5.74, 6) is 0.834. The molecule has 0 aromatic carbocycles. The minimum Gasteiger partial charge on any atom is -0.302 e. The van der Waals surface area contributed by atoms with Crippen molar-refractivity contribution in [3.8, 4) is 0 Å². The zero-order valence-electron chi connectivity index (χ0n) is 8.79. The zero-order valence-corrected chi connectivity index (χ0v) is 9.60. The molecular weight excluding hydrogens is 178 g/mol. The quantitative estimate of drug-likeness (QED) is 0.704. The average molecular weight is 197 g/mol. The predicted octanol–water partition coefficient (Wildman–Crippen LogP) is 3.19. The van der Waals surface area contributed by atoms with Crippen molar-refractivity contribution in [2.24, 2.45) is 0 Å². The first kappa shape index (κ1) is 10.7. The van der Waals surface area contributed by atoms with E-state index in [1.165, 1.54) is 19.6 Å². The normalized spacial score (nSPS) is 17.5. The Morgan fingerprint density at radius 1 is 1.46 bits per heavy atom. The topological polar surface area (TPSA) is 3.24 Å². The SMILES string of the molecule is CC.CCN1CC(c2ccsc2)C1. The van der Waals surface area contributed by atoms with Crippen LogP contribution in [0, 0.1) is 0 Å². The Labute approximate surface area is 85.4 Å². The number of likely N-dealkylation sites (N-methyl/N-ethyl adjacent to an activating group) is 1. The molecule has 2 heterocycles. The maximum absolute atomic E-state index is 2.47. The number of rotatable bonds is 2. The van der Waals surface area contributed by atoms with Gasteiger partial charge in [-0.2, -0.15) is 11.3 Å². The van der Waals surface area contributed by atoms with Gasteiger partial charge >= 0.3 is 0 Å². The standard InChI is InChI=1S/C9H13NS.C2H6/c1-2-10-5-9(6-10)8-3-4-11-7-8;1-2/h3-4,7,9H,2,5-6H2,1H3;1-2H3. The molecule has 0 amide bonds. The van der Waals surface area contributed by atoms with Crippen LogP contribution in [0.5, 0.6) is 0 Å². The lowest BCUT2D eigenvalue weighted by Gasteiger charge is -2.38. The molecular formula is C11H19NS. The van der Waals surface area contributed by atoms with Gasteiger partial charge in [0.1, 0.15) is 0 Å². The molecule has 0 bridgehead atoms. The number of nitrogens with zero attached hydrogens (tertiary/aromatic N) is 1. The van der Waals surface area contributed by atoms with Crippen LogP contribution in [-0.2, 0) is 0 Å². The first-order valence-corrected chi connectivity index (χ1v) is 6.09. The van der Waals surface area contributed by atoms with Gasteiger partial charge in [0.25, 0.3) is 0 Å². The average Bonchev–Trinajstić information content (AvgIpc) is 2.59. The molecule has 13 heavy (non-hydrogen) atoms. The highest BCUT2D eigenvalue weighted by Gasteiger charge is 2.26. The molecule has 74 valence electrons. The van der Waals surface area contributed by atoms with Crippen LogP contribution in [0.3, 0.4) is 0 Å². The van der Waals surface area contributed by atoms with Crippen molar-refractivity contribution in [2.75, 3.05) is 19.6 Å². The van der Waals surface area contributed by atoms with Crippen LogP contribution in [0.25, 0.3) is 0 Å². The van der Waals surface area contributed by atoms with E-state index >= 15 is 0 Å². The van der Waals surface area contributed by atoms with Crippen LogP contribution in [-0.4, -0.2) is 24.5 Å². The largest absolute Gasteiger partial charge is 0.302 e. The van der Waals surface area contributed by atoms with Crippen molar-refractivity contribution in [1.82, 2.24) is 4.90 Å². The van der Waals surface area contributed by atoms with Gasteiger partial charge in [0.2, 0.25) is 0 Å². The van der Waals surface area contributed by atoms with E-state index in [-0.39, 0.29) is 0 Å². The highest BCUT2D eigenvalue weighted by molar-refractivity contribution is 7.07. The number of hydrogen-bond acceptors (Lipinski definition) is 2. The summed E-state index contributed by atoms with van der Waals surface area (Å²) in [5, 5.41) is 4.45. The van der Waals surface area contributed by atoms with Crippen molar-refractivity contribution in [1.29, 1.82) is 0 Å². The van der Waals surface area contributed by atoms with Gasteiger partial charge < -0.3 is 4.90 Å². The van der Waals surface area contributed by atoms with Crippen molar-refractivity contribution in [2.45, 2.75) is 26.7 Å². The second-order valence-corrected chi connectivity index (χ2v) is 3.89. The summed E-state index contributed by atoms with van der Waals surface area (Å²) in [5.41, 5.74) is 1.54. The fraction of sp³-hybridized carbons (Fsp3) is 0.636. The molecule has 0 atom stereocenters. The number of thiophene rings is 1. The van der Waals surface area contributed by atoms with Crippen molar-refractivity contribution in [3.63, 3.8) is 0 Å². The van der Waals surface area contributed by atoms with Gasteiger partial charge in [-0.25, -0.2) is 0 Å². The maximum atomic E-state index is 2.47. The second kappa shape index (κ2) is 5.40. The van der Waals surface area contributed by atoms with Gasteiger partial charge in [0.15, 0.2) is 0 Å². The number of hydrogen-bond donors (Lipinski definition) is 0. The molecule has 1 aromatic heterocycles. The third-order valence-electron chi connectivity index (χ3n) is 2.42. The van der Waals surface area contributed by atoms with Crippen LogP contribution in [0.1, 0.15) is 32.3 Å². The van der Waals surface area contributed by atoms with Crippen molar-refractivity contribution < 1.29 is 0 Å². The summed E-state index contributed by atoms with van der Waals surface area (Å²) in [6, 6.07) is 2.25. The highest BCUT2D eigenvalue weighted by Crippen LogP contribution is 2.27. The van der Waals surface area contributed by atoms with E-state index < -0.39 is 0 Å². The molecule has 0 radical (unpaired) electrons. The van der Waals surface area contributed by atoms with Gasteiger partial charge in [-0.15, -0.1) is 0 Å². The summed E-state index contributed by atoms with van der Waals surface area (Å²) < 4.78 is 0. The molecule has 0 N–H and O–H groups in total. The lowest BCUT2D eigenvalue weighted by atomic mass is 9.94. The molecule has 0 unspecified atom stereocenters. The summed E-state index contributed by atoms with van der Waals surface area (Å²) >= 11 is 1.81. The van der Waals surface area contributed by atoms with E-state index in [4.69, 9.17) is 0 Å². The summed E-state index contributed by atoms with van der Waals surface area (Å²) in [7, 11) is 0. The van der Waals surface area contributed by atoms with E-state index in [0.717, 1.165) is 5.92 Å². The molecule has 1 nitrogen and oxygen atoms in total. The fourth-order valence-electron chi connectivity index (χ4n) is 1.55. The Morgan fingerprint density at radius 2 is 2.15 bits per heavy atom. The van der Waals surface area contributed by atoms with Gasteiger partial charge in [-0.05, 0) is 28.9 Å². The van der Waals surface area contributed by atoms with E-state index in [1.807, 2.05) is 25.2 Å². The van der Waals surface area contributed by atoms with Crippen molar-refractivity contribution >= 4 is 11.3 Å². The van der Waals surface area contributed by atoms with Gasteiger partial charge in [-0.1, -0.05) is 20.8 Å². The van der Waals surface area contributed by atoms with Gasteiger partial charge in [0, 0.05) is 19.0 Å². The molecule has 1 aliphatic rings. The van der Waals surface area contributed by atoms with Crippen LogP contribution in [0.2, 0.25) is 0 Å². The molecule has 1 aliphatic heterocycles. The van der Waals surface area contributed by atoms with E-state index in [9.17, 15) is 0 Å². The van der Waals surface area contributed by atoms with E-state index in [1.54, 1.807) is 5.56 Å².